The first-order valence-electron chi connectivity index (χ1n) is 6.63. The fraction of sp³-hybridized carbons (Fsp3) is 0.500. The lowest BCUT2D eigenvalue weighted by Gasteiger charge is -2.43. The highest BCUT2D eigenvalue weighted by Crippen LogP contribution is 2.34. The minimum Gasteiger partial charge on any atom is -0.368 e. The lowest BCUT2D eigenvalue weighted by molar-refractivity contribution is -0.132. The molecule has 1 aromatic rings. The third-order valence-electron chi connectivity index (χ3n) is 3.90. The van der Waals surface area contributed by atoms with E-state index in [1.807, 2.05) is 11.8 Å². The van der Waals surface area contributed by atoms with Gasteiger partial charge in [-0.1, -0.05) is 25.1 Å². The maximum atomic E-state index is 14.1. The lowest BCUT2D eigenvalue weighted by atomic mass is 9.83. The summed E-state index contributed by atoms with van der Waals surface area (Å²) in [7, 11) is 0. The molecule has 1 atom stereocenters. The molecule has 0 radical (unpaired) electrons. The predicted octanol–water partition coefficient (Wildman–Crippen LogP) is 0.822. The molecule has 1 aliphatic heterocycles. The van der Waals surface area contributed by atoms with Crippen LogP contribution < -0.4 is 11.1 Å². The first kappa shape index (κ1) is 14.0. The monoisotopic (exact) mass is 265 g/mol. The van der Waals surface area contributed by atoms with E-state index in [2.05, 4.69) is 5.32 Å². The minimum absolute atomic E-state index is 0.373. The van der Waals surface area contributed by atoms with Gasteiger partial charge < -0.3 is 11.1 Å². The molecule has 0 aliphatic carbocycles. The molecule has 1 fully saturated rings. The number of carbonyl (C=O) groups is 1. The molecule has 1 aromatic carbocycles. The molecule has 5 heteroatoms. The predicted molar refractivity (Wildman–Crippen MR) is 72.0 cm³/mol. The van der Waals surface area contributed by atoms with Crippen LogP contribution in [0.5, 0.6) is 0 Å². The number of carbonyl (C=O) groups excluding carboxylic acids is 1. The van der Waals surface area contributed by atoms with Crippen LogP contribution in [0, 0.1) is 5.82 Å². The van der Waals surface area contributed by atoms with Crippen LogP contribution in [0.4, 0.5) is 4.39 Å². The van der Waals surface area contributed by atoms with Gasteiger partial charge in [-0.2, -0.15) is 0 Å². The normalized spacial score (nSPS) is 19.9. The van der Waals surface area contributed by atoms with E-state index in [0.717, 1.165) is 13.1 Å². The van der Waals surface area contributed by atoms with Gasteiger partial charge in [0, 0.05) is 31.7 Å². The highest BCUT2D eigenvalue weighted by Gasteiger charge is 2.44. The summed E-state index contributed by atoms with van der Waals surface area (Å²) >= 11 is 0. The van der Waals surface area contributed by atoms with Crippen LogP contribution in [0.15, 0.2) is 24.3 Å². The van der Waals surface area contributed by atoms with Crippen LogP contribution in [-0.4, -0.2) is 37.0 Å². The molecule has 0 spiro atoms. The maximum Gasteiger partial charge on any atom is 0.242 e. The Labute approximate surface area is 112 Å². The van der Waals surface area contributed by atoms with E-state index in [1.54, 1.807) is 18.2 Å². The molecule has 1 aliphatic rings. The Morgan fingerprint density at radius 2 is 2.05 bits per heavy atom. The largest absolute Gasteiger partial charge is 0.368 e. The number of amides is 1. The van der Waals surface area contributed by atoms with E-state index in [9.17, 15) is 9.18 Å². The summed E-state index contributed by atoms with van der Waals surface area (Å²) in [5.41, 5.74) is 4.98. The van der Waals surface area contributed by atoms with Gasteiger partial charge in [0.1, 0.15) is 11.4 Å². The van der Waals surface area contributed by atoms with E-state index in [1.165, 1.54) is 6.07 Å². The molecule has 1 amide bonds. The molecule has 0 saturated carbocycles. The van der Waals surface area contributed by atoms with Crippen LogP contribution in [0.2, 0.25) is 0 Å². The smallest absolute Gasteiger partial charge is 0.242 e. The average Bonchev–Trinajstić information content (AvgIpc) is 2.43. The number of piperazine rings is 1. The number of rotatable bonds is 4. The summed E-state index contributed by atoms with van der Waals surface area (Å²) in [4.78, 5) is 14.1. The molecular formula is C14H20FN3O. The van der Waals surface area contributed by atoms with Crippen molar-refractivity contribution in [2.75, 3.05) is 26.2 Å². The van der Waals surface area contributed by atoms with Crippen molar-refractivity contribution in [2.24, 2.45) is 5.73 Å². The fourth-order valence-corrected chi connectivity index (χ4v) is 2.89. The van der Waals surface area contributed by atoms with Crippen molar-refractivity contribution in [3.63, 3.8) is 0 Å². The Morgan fingerprint density at radius 1 is 1.42 bits per heavy atom. The lowest BCUT2D eigenvalue weighted by Crippen LogP contribution is -2.60. The van der Waals surface area contributed by atoms with E-state index < -0.39 is 11.4 Å². The summed E-state index contributed by atoms with van der Waals surface area (Å²) in [6.45, 7) is 4.81. The summed E-state index contributed by atoms with van der Waals surface area (Å²) in [5, 5.41) is 3.23. The van der Waals surface area contributed by atoms with Crippen molar-refractivity contribution in [3.8, 4) is 0 Å². The number of nitrogens with two attached hydrogens (primary N) is 1. The number of primary amides is 1. The number of hydrogen-bond donors (Lipinski definition) is 2. The van der Waals surface area contributed by atoms with E-state index in [0.29, 0.717) is 25.1 Å². The number of hydrogen-bond acceptors (Lipinski definition) is 3. The first-order valence-corrected chi connectivity index (χ1v) is 6.63. The van der Waals surface area contributed by atoms with E-state index in [-0.39, 0.29) is 5.82 Å². The zero-order chi connectivity index (χ0) is 13.9. The third-order valence-corrected chi connectivity index (χ3v) is 3.90. The van der Waals surface area contributed by atoms with Crippen molar-refractivity contribution in [3.05, 3.63) is 35.6 Å². The van der Waals surface area contributed by atoms with Crippen molar-refractivity contribution in [2.45, 2.75) is 18.9 Å². The zero-order valence-corrected chi connectivity index (χ0v) is 11.2. The van der Waals surface area contributed by atoms with Crippen molar-refractivity contribution in [1.82, 2.24) is 10.2 Å². The SMILES string of the molecule is CCC(C(N)=O)(c1ccccc1F)N1CCNCC1. The van der Waals surface area contributed by atoms with Crippen LogP contribution >= 0.6 is 0 Å². The Kier molecular flexibility index (Phi) is 4.17. The summed E-state index contributed by atoms with van der Waals surface area (Å²) in [5.74, 6) is -0.858. The highest BCUT2D eigenvalue weighted by molar-refractivity contribution is 5.86. The van der Waals surface area contributed by atoms with Crippen molar-refractivity contribution >= 4 is 5.91 Å². The van der Waals surface area contributed by atoms with Gasteiger partial charge in [-0.25, -0.2) is 4.39 Å². The summed E-state index contributed by atoms with van der Waals surface area (Å²) in [6, 6.07) is 6.41. The third kappa shape index (κ3) is 2.35. The van der Waals surface area contributed by atoms with Crippen molar-refractivity contribution < 1.29 is 9.18 Å². The second kappa shape index (κ2) is 5.67. The zero-order valence-electron chi connectivity index (χ0n) is 11.2. The maximum absolute atomic E-state index is 14.1. The summed E-state index contributed by atoms with van der Waals surface area (Å²) < 4.78 is 14.1. The van der Waals surface area contributed by atoms with Gasteiger partial charge in [0.05, 0.1) is 0 Å². The Bertz CT molecular complexity index is 460. The van der Waals surface area contributed by atoms with Crippen LogP contribution in [0.3, 0.4) is 0 Å². The van der Waals surface area contributed by atoms with Crippen LogP contribution in [0.25, 0.3) is 0 Å². The number of nitrogens with one attached hydrogen (secondary N) is 1. The molecule has 0 bridgehead atoms. The average molecular weight is 265 g/mol. The number of nitrogens with zero attached hydrogens (tertiary/aromatic N) is 1. The van der Waals surface area contributed by atoms with Crippen LogP contribution in [0.1, 0.15) is 18.9 Å². The number of halogens is 1. The number of benzene rings is 1. The van der Waals surface area contributed by atoms with E-state index >= 15 is 0 Å². The second-order valence-corrected chi connectivity index (χ2v) is 4.79. The topological polar surface area (TPSA) is 58.4 Å². The molecule has 3 N–H and O–H groups in total. The molecule has 0 aromatic heterocycles. The van der Waals surface area contributed by atoms with Gasteiger partial charge >= 0.3 is 0 Å². The summed E-state index contributed by atoms with van der Waals surface area (Å²) in [6.07, 6.45) is 0.462. The molecule has 1 unspecified atom stereocenters. The molecule has 2 rings (SSSR count). The highest BCUT2D eigenvalue weighted by atomic mass is 19.1. The molecular weight excluding hydrogens is 245 g/mol. The minimum atomic E-state index is -1.05. The Hall–Kier alpha value is -1.46. The molecule has 4 nitrogen and oxygen atoms in total. The van der Waals surface area contributed by atoms with Gasteiger partial charge in [-0.15, -0.1) is 0 Å². The van der Waals surface area contributed by atoms with Gasteiger partial charge in [-0.05, 0) is 12.5 Å². The quantitative estimate of drug-likeness (QED) is 0.847. The second-order valence-electron chi connectivity index (χ2n) is 4.79. The molecule has 104 valence electrons. The molecule has 19 heavy (non-hydrogen) atoms. The van der Waals surface area contributed by atoms with Crippen molar-refractivity contribution in [1.29, 1.82) is 0 Å². The standard InChI is InChI=1S/C14H20FN3O/c1-2-14(13(16)19,18-9-7-17-8-10-18)11-5-3-4-6-12(11)15/h3-6,17H,2,7-10H2,1H3,(H2,16,19). The van der Waals surface area contributed by atoms with Crippen LogP contribution in [-0.2, 0) is 10.3 Å². The van der Waals surface area contributed by atoms with Gasteiger partial charge in [0.15, 0.2) is 0 Å². The van der Waals surface area contributed by atoms with E-state index in [4.69, 9.17) is 5.73 Å². The first-order chi connectivity index (χ1) is 9.13. The molecule has 1 saturated heterocycles. The Morgan fingerprint density at radius 3 is 2.58 bits per heavy atom. The van der Waals surface area contributed by atoms with Gasteiger partial charge in [-0.3, -0.25) is 9.69 Å². The fourth-order valence-electron chi connectivity index (χ4n) is 2.89. The molecule has 1 heterocycles. The van der Waals surface area contributed by atoms with Gasteiger partial charge in [0.25, 0.3) is 0 Å². The Balaban J connectivity index is 2.50. The van der Waals surface area contributed by atoms with Gasteiger partial charge in [0.2, 0.25) is 5.91 Å².